The molecule has 0 aliphatic carbocycles. The first-order valence-corrected chi connectivity index (χ1v) is 11.2. The van der Waals surface area contributed by atoms with Crippen LogP contribution in [0.4, 0.5) is 0 Å². The van der Waals surface area contributed by atoms with E-state index in [1.807, 2.05) is 54.5 Å². The zero-order chi connectivity index (χ0) is 20.8. The average Bonchev–Trinajstić information content (AvgIpc) is 3.52. The lowest BCUT2D eigenvalue weighted by Crippen LogP contribution is -2.40. The second-order valence-electron chi connectivity index (χ2n) is 7.76. The number of ether oxygens (including phenoxy) is 1. The molecule has 1 atom stereocenters. The largest absolute Gasteiger partial charge is 0.377 e. The van der Waals surface area contributed by atoms with Crippen LogP contribution in [0.25, 0.3) is 5.69 Å². The minimum absolute atomic E-state index is 0.108. The highest BCUT2D eigenvalue weighted by Gasteiger charge is 2.22. The van der Waals surface area contributed by atoms with Gasteiger partial charge in [0.15, 0.2) is 0 Å². The zero-order valence-corrected chi connectivity index (χ0v) is 18.1. The summed E-state index contributed by atoms with van der Waals surface area (Å²) >= 11 is 1.73. The number of para-hydroxylation sites is 1. The van der Waals surface area contributed by atoms with Crippen molar-refractivity contribution in [3.05, 3.63) is 70.7 Å². The molecule has 7 heteroatoms. The highest BCUT2D eigenvalue weighted by Crippen LogP contribution is 2.17. The molecule has 0 spiro atoms. The summed E-state index contributed by atoms with van der Waals surface area (Å²) in [4.78, 5) is 18.2. The topological polar surface area (TPSA) is 50.6 Å². The lowest BCUT2D eigenvalue weighted by Gasteiger charge is -2.26. The first kappa shape index (κ1) is 20.8. The summed E-state index contributed by atoms with van der Waals surface area (Å²) in [7, 11) is 1.86. The maximum Gasteiger partial charge on any atom is 0.236 e. The standard InChI is InChI=1S/C23H28N4O2S/c1-25(14-19-13-24-27(15-19)20-7-3-2-4-8-20)23(28)18-26(16-21-9-5-11-29-21)17-22-10-6-12-30-22/h2-4,6-8,10,12-13,15,21H,5,9,11,14,16-18H2,1H3. The van der Waals surface area contributed by atoms with Gasteiger partial charge < -0.3 is 9.64 Å². The van der Waals surface area contributed by atoms with Gasteiger partial charge in [-0.25, -0.2) is 4.68 Å². The Morgan fingerprint density at radius 2 is 2.10 bits per heavy atom. The maximum absolute atomic E-state index is 13.0. The summed E-state index contributed by atoms with van der Waals surface area (Å²) in [5, 5.41) is 6.51. The molecule has 0 saturated carbocycles. The van der Waals surface area contributed by atoms with Crippen molar-refractivity contribution in [3.63, 3.8) is 0 Å². The Kier molecular flexibility index (Phi) is 6.94. The van der Waals surface area contributed by atoms with Gasteiger partial charge in [0, 0.05) is 49.9 Å². The van der Waals surface area contributed by atoms with Crippen LogP contribution in [0.5, 0.6) is 0 Å². The molecule has 6 nitrogen and oxygen atoms in total. The van der Waals surface area contributed by atoms with E-state index in [2.05, 4.69) is 27.5 Å². The fraction of sp³-hybridized carbons (Fsp3) is 0.391. The molecule has 0 radical (unpaired) electrons. The number of carbonyl (C=O) groups excluding carboxylic acids is 1. The molecule has 3 heterocycles. The molecule has 0 bridgehead atoms. The van der Waals surface area contributed by atoms with Crippen LogP contribution in [-0.4, -0.2) is 58.3 Å². The third-order valence-corrected chi connectivity index (χ3v) is 6.17. The number of likely N-dealkylation sites (N-methyl/N-ethyl adjacent to an activating group) is 1. The van der Waals surface area contributed by atoms with E-state index < -0.39 is 0 Å². The van der Waals surface area contributed by atoms with Gasteiger partial charge in [-0.2, -0.15) is 5.10 Å². The van der Waals surface area contributed by atoms with Gasteiger partial charge in [0.2, 0.25) is 5.91 Å². The van der Waals surface area contributed by atoms with E-state index in [4.69, 9.17) is 4.74 Å². The van der Waals surface area contributed by atoms with Crippen molar-refractivity contribution in [1.29, 1.82) is 0 Å². The fourth-order valence-corrected chi connectivity index (χ4v) is 4.47. The maximum atomic E-state index is 13.0. The van der Waals surface area contributed by atoms with E-state index in [1.165, 1.54) is 4.88 Å². The van der Waals surface area contributed by atoms with Gasteiger partial charge in [0.05, 0.1) is 24.5 Å². The van der Waals surface area contributed by atoms with Crippen LogP contribution >= 0.6 is 11.3 Å². The second-order valence-corrected chi connectivity index (χ2v) is 8.79. The number of nitrogens with zero attached hydrogens (tertiary/aromatic N) is 4. The number of thiophene rings is 1. The van der Waals surface area contributed by atoms with Gasteiger partial charge in [-0.15, -0.1) is 11.3 Å². The fourth-order valence-electron chi connectivity index (χ4n) is 3.72. The van der Waals surface area contributed by atoms with E-state index in [9.17, 15) is 4.79 Å². The number of rotatable bonds is 9. The normalized spacial score (nSPS) is 16.3. The van der Waals surface area contributed by atoms with E-state index in [-0.39, 0.29) is 12.0 Å². The SMILES string of the molecule is CN(Cc1cnn(-c2ccccc2)c1)C(=O)CN(Cc1cccs1)CC1CCCO1. The minimum atomic E-state index is 0.108. The lowest BCUT2D eigenvalue weighted by atomic mass is 10.2. The molecule has 0 N–H and O–H groups in total. The molecule has 30 heavy (non-hydrogen) atoms. The molecular formula is C23H28N4O2S. The van der Waals surface area contributed by atoms with Crippen molar-refractivity contribution < 1.29 is 9.53 Å². The van der Waals surface area contributed by atoms with Crippen LogP contribution < -0.4 is 0 Å². The van der Waals surface area contributed by atoms with Gasteiger partial charge in [0.1, 0.15) is 0 Å². The van der Waals surface area contributed by atoms with Crippen LogP contribution in [0.1, 0.15) is 23.3 Å². The van der Waals surface area contributed by atoms with Crippen LogP contribution in [0.15, 0.2) is 60.2 Å². The summed E-state index contributed by atoms with van der Waals surface area (Å²) in [5.41, 5.74) is 2.02. The zero-order valence-electron chi connectivity index (χ0n) is 17.3. The summed E-state index contributed by atoms with van der Waals surface area (Å²) in [6, 6.07) is 14.2. The Morgan fingerprint density at radius 3 is 2.83 bits per heavy atom. The van der Waals surface area contributed by atoms with Crippen molar-refractivity contribution in [2.75, 3.05) is 26.7 Å². The summed E-state index contributed by atoms with van der Waals surface area (Å²) in [6.45, 7) is 3.34. The minimum Gasteiger partial charge on any atom is -0.377 e. The molecule has 3 aromatic rings. The van der Waals surface area contributed by atoms with E-state index in [0.29, 0.717) is 13.1 Å². The Morgan fingerprint density at radius 1 is 1.23 bits per heavy atom. The summed E-state index contributed by atoms with van der Waals surface area (Å²) in [5.74, 6) is 0.108. The van der Waals surface area contributed by atoms with Crippen LogP contribution in [-0.2, 0) is 22.6 Å². The third kappa shape index (κ3) is 5.56. The third-order valence-electron chi connectivity index (χ3n) is 5.31. The molecule has 4 rings (SSSR count). The van der Waals surface area contributed by atoms with Crippen LogP contribution in [0, 0.1) is 0 Å². The Balaban J connectivity index is 1.36. The first-order chi connectivity index (χ1) is 14.7. The molecular weight excluding hydrogens is 396 g/mol. The lowest BCUT2D eigenvalue weighted by molar-refractivity contribution is -0.132. The molecule has 1 unspecified atom stereocenters. The monoisotopic (exact) mass is 424 g/mol. The average molecular weight is 425 g/mol. The van der Waals surface area contributed by atoms with E-state index in [1.54, 1.807) is 16.2 Å². The van der Waals surface area contributed by atoms with Gasteiger partial charge in [-0.05, 0) is 36.4 Å². The van der Waals surface area contributed by atoms with E-state index >= 15 is 0 Å². The number of hydrogen-bond acceptors (Lipinski definition) is 5. The Bertz CT molecular complexity index is 920. The molecule has 1 saturated heterocycles. The number of amides is 1. The Hall–Kier alpha value is -2.48. The summed E-state index contributed by atoms with van der Waals surface area (Å²) < 4.78 is 7.65. The Labute approximate surface area is 181 Å². The van der Waals surface area contributed by atoms with Crippen molar-refractivity contribution in [3.8, 4) is 5.69 Å². The van der Waals surface area contributed by atoms with Gasteiger partial charge in [-0.1, -0.05) is 24.3 Å². The molecule has 2 aromatic heterocycles. The van der Waals surface area contributed by atoms with Gasteiger partial charge in [0.25, 0.3) is 0 Å². The first-order valence-electron chi connectivity index (χ1n) is 10.4. The quantitative estimate of drug-likeness (QED) is 0.527. The number of aromatic nitrogens is 2. The number of hydrogen-bond donors (Lipinski definition) is 0. The molecule has 158 valence electrons. The number of carbonyl (C=O) groups is 1. The smallest absolute Gasteiger partial charge is 0.236 e. The molecule has 1 aromatic carbocycles. The molecule has 1 amide bonds. The highest BCUT2D eigenvalue weighted by molar-refractivity contribution is 7.09. The van der Waals surface area contributed by atoms with Gasteiger partial charge in [-0.3, -0.25) is 9.69 Å². The van der Waals surface area contributed by atoms with Crippen molar-refractivity contribution >= 4 is 17.2 Å². The predicted octanol–water partition coefficient (Wildman–Crippen LogP) is 3.57. The predicted molar refractivity (Wildman–Crippen MR) is 119 cm³/mol. The van der Waals surface area contributed by atoms with Crippen molar-refractivity contribution in [2.45, 2.75) is 32.0 Å². The van der Waals surface area contributed by atoms with Crippen LogP contribution in [0.2, 0.25) is 0 Å². The molecule has 1 aliphatic heterocycles. The van der Waals surface area contributed by atoms with E-state index in [0.717, 1.165) is 43.8 Å². The molecule has 1 aliphatic rings. The highest BCUT2D eigenvalue weighted by atomic mass is 32.1. The van der Waals surface area contributed by atoms with Crippen molar-refractivity contribution in [1.82, 2.24) is 19.6 Å². The number of benzene rings is 1. The summed E-state index contributed by atoms with van der Waals surface area (Å²) in [6.07, 6.45) is 6.22. The van der Waals surface area contributed by atoms with Crippen molar-refractivity contribution in [2.24, 2.45) is 0 Å². The second kappa shape index (κ2) is 10.0. The van der Waals surface area contributed by atoms with Gasteiger partial charge >= 0.3 is 0 Å². The van der Waals surface area contributed by atoms with Crippen LogP contribution in [0.3, 0.4) is 0 Å². The molecule has 1 fully saturated rings.